The van der Waals surface area contributed by atoms with E-state index in [1.807, 2.05) is 0 Å². The number of nitrogens with zero attached hydrogens (tertiary/aromatic N) is 4. The van der Waals surface area contributed by atoms with Crippen molar-refractivity contribution in [3.8, 4) is 17.1 Å². The van der Waals surface area contributed by atoms with Crippen LogP contribution in [0.5, 0.6) is 0 Å². The summed E-state index contributed by atoms with van der Waals surface area (Å²) in [5.41, 5.74) is 13.6. The Morgan fingerprint density at radius 1 is 0.508 bits per heavy atom. The van der Waals surface area contributed by atoms with Gasteiger partial charge in [0.1, 0.15) is 28.4 Å². The zero-order chi connectivity index (χ0) is 42.5. The molecule has 0 aliphatic carbocycles. The van der Waals surface area contributed by atoms with Gasteiger partial charge < -0.3 is 4.42 Å². The second kappa shape index (κ2) is 11.5. The number of pyridine rings is 2. The molecular weight excluding hydrogens is 809 g/mol. The Bertz CT molecular complexity index is 4270. The van der Waals surface area contributed by atoms with E-state index in [0.717, 1.165) is 33.3 Å². The Kier molecular flexibility index (Phi) is 6.11. The molecule has 16 rings (SSSR count). The fourth-order valence-electron chi connectivity index (χ4n) is 13.4. The van der Waals surface area contributed by atoms with Crippen LogP contribution < -0.4 is 29.9 Å². The summed E-state index contributed by atoms with van der Waals surface area (Å²) in [7, 11) is -3.08. The van der Waals surface area contributed by atoms with E-state index in [4.69, 9.17) is 4.42 Å². The van der Waals surface area contributed by atoms with E-state index >= 15 is 0 Å². The lowest BCUT2D eigenvalue weighted by Gasteiger charge is -2.45. The van der Waals surface area contributed by atoms with E-state index in [9.17, 15) is 0 Å². The van der Waals surface area contributed by atoms with Crippen LogP contribution in [0.3, 0.4) is 0 Å². The molecule has 8 heterocycles. The van der Waals surface area contributed by atoms with Gasteiger partial charge >= 0.3 is 5.66 Å². The molecule has 0 radical (unpaired) electrons. The van der Waals surface area contributed by atoms with Gasteiger partial charge in [-0.1, -0.05) is 133 Å². The molecule has 0 amide bonds. The molecule has 1 atom stereocenters. The summed E-state index contributed by atoms with van der Waals surface area (Å²) in [5, 5.41) is 14.3. The fourth-order valence-corrected chi connectivity index (χ4v) is 18.6. The standard InChI is InChI=1S/C59H38N4OSi/c1-35-16-15-17-36(2)53(35)47-34-61-58-54-41(43-32-44-40-23-10-12-25-48(40)64-49(44)33-46(43)62(47)58)27-29-50-55(54)59(61)56-51(65(50,37-18-5-3-6-19-37)38-20-7-4-8-21-38)30-28-42-39-22-9-11-24-45(39)63(57(42)56)52-26-13-14-31-60(52)59/h3-34H,1-2H3/q+2. The summed E-state index contributed by atoms with van der Waals surface area (Å²) in [4.78, 5) is 0. The SMILES string of the molecule is Cc1cccc(C)c1-c1c[n+]2c3c4c5c(ccc4c4cc6c(cc4n13)oc1ccccc16)[Si](c1ccccc1)(c1ccccc1)c1ccc3c4ccccc4n4c3c1C52[n+]1ccccc1-4. The molecule has 0 saturated heterocycles. The van der Waals surface area contributed by atoms with Gasteiger partial charge in [0.25, 0.3) is 11.5 Å². The van der Waals surface area contributed by atoms with Crippen LogP contribution >= 0.6 is 0 Å². The minimum Gasteiger partial charge on any atom is -0.456 e. The third kappa shape index (κ3) is 3.73. The van der Waals surface area contributed by atoms with Crippen LogP contribution in [0, 0.1) is 13.8 Å². The number of rotatable bonds is 3. The molecule has 5 nitrogen and oxygen atoms in total. The molecule has 0 bridgehead atoms. The largest absolute Gasteiger partial charge is 0.456 e. The number of hydrogen-bond donors (Lipinski definition) is 0. The minimum absolute atomic E-state index is 0.781. The van der Waals surface area contributed by atoms with Crippen molar-refractivity contribution in [1.29, 1.82) is 0 Å². The lowest BCUT2D eigenvalue weighted by atomic mass is 9.85. The van der Waals surface area contributed by atoms with Crippen LogP contribution in [0.2, 0.25) is 0 Å². The molecule has 0 saturated carbocycles. The number of fused-ring (bicyclic) bond motifs is 11. The summed E-state index contributed by atoms with van der Waals surface area (Å²) in [5.74, 6) is 1.15. The molecule has 0 fully saturated rings. The number of aryl methyl sites for hydroxylation is 2. The number of para-hydroxylation sites is 2. The molecule has 6 heteroatoms. The Balaban J connectivity index is 1.24. The van der Waals surface area contributed by atoms with Crippen molar-refractivity contribution in [2.75, 3.05) is 0 Å². The Morgan fingerprint density at radius 2 is 1.18 bits per heavy atom. The fraction of sp³-hybridized carbons (Fsp3) is 0.0508. The van der Waals surface area contributed by atoms with Crippen LogP contribution in [0.4, 0.5) is 0 Å². The van der Waals surface area contributed by atoms with Crippen molar-refractivity contribution in [2.24, 2.45) is 0 Å². The predicted octanol–water partition coefficient (Wildman–Crippen LogP) is 9.72. The molecule has 8 aromatic carbocycles. The van der Waals surface area contributed by atoms with Gasteiger partial charge in [-0.2, -0.15) is 18.1 Å². The van der Waals surface area contributed by atoms with E-state index in [2.05, 4.69) is 226 Å². The van der Waals surface area contributed by atoms with Gasteiger partial charge in [0, 0.05) is 50.0 Å². The maximum atomic E-state index is 6.73. The lowest BCUT2D eigenvalue weighted by Crippen LogP contribution is -2.86. The van der Waals surface area contributed by atoms with Crippen LogP contribution in [0.25, 0.3) is 88.1 Å². The molecule has 0 N–H and O–H groups in total. The number of furan rings is 1. The monoisotopic (exact) mass is 846 g/mol. The van der Waals surface area contributed by atoms with Crippen molar-refractivity contribution in [2.45, 2.75) is 19.5 Å². The predicted molar refractivity (Wildman–Crippen MR) is 265 cm³/mol. The molecule has 1 unspecified atom stereocenters. The van der Waals surface area contributed by atoms with Gasteiger partial charge in [-0.3, -0.25) is 0 Å². The molecular formula is C59H38N4OSi+2. The van der Waals surface area contributed by atoms with E-state index in [-0.39, 0.29) is 0 Å². The smallest absolute Gasteiger partial charge is 0.311 e. The highest BCUT2D eigenvalue weighted by Crippen LogP contribution is 2.51. The summed E-state index contributed by atoms with van der Waals surface area (Å²) < 4.78 is 17.2. The highest BCUT2D eigenvalue weighted by atomic mass is 28.3. The van der Waals surface area contributed by atoms with Crippen molar-refractivity contribution in [1.82, 2.24) is 8.97 Å². The van der Waals surface area contributed by atoms with Crippen LogP contribution in [-0.4, -0.2) is 17.0 Å². The highest BCUT2D eigenvalue weighted by Gasteiger charge is 2.68. The zero-order valence-electron chi connectivity index (χ0n) is 35.7. The Hall–Kier alpha value is -8.06. The van der Waals surface area contributed by atoms with Gasteiger partial charge in [-0.05, 0) is 82.1 Å². The number of hydrogen-bond acceptors (Lipinski definition) is 1. The van der Waals surface area contributed by atoms with E-state index in [0.29, 0.717) is 0 Å². The maximum Gasteiger partial charge on any atom is 0.311 e. The molecule has 3 aliphatic heterocycles. The van der Waals surface area contributed by atoms with Crippen molar-refractivity contribution in [3.63, 3.8) is 0 Å². The topological polar surface area (TPSA) is 30.2 Å². The lowest BCUT2D eigenvalue weighted by molar-refractivity contribution is -0.955. The zero-order valence-corrected chi connectivity index (χ0v) is 36.7. The Labute approximate surface area is 373 Å². The summed E-state index contributed by atoms with van der Waals surface area (Å²) in [6, 6.07) is 68.8. The van der Waals surface area contributed by atoms with Crippen molar-refractivity contribution >= 4 is 99.9 Å². The van der Waals surface area contributed by atoms with Crippen LogP contribution in [-0.2, 0) is 5.66 Å². The average molecular weight is 847 g/mol. The molecule has 5 aromatic heterocycles. The summed E-state index contributed by atoms with van der Waals surface area (Å²) in [6.07, 6.45) is 4.87. The number of imidazole rings is 1. The molecule has 13 aromatic rings. The second-order valence-electron chi connectivity index (χ2n) is 18.5. The average Bonchev–Trinajstić information content (AvgIpc) is 4.10. The number of benzene rings is 8. The first kappa shape index (κ1) is 34.4. The molecule has 3 aliphatic rings. The highest BCUT2D eigenvalue weighted by molar-refractivity contribution is 7.20. The quantitative estimate of drug-likeness (QED) is 0.0991. The maximum absolute atomic E-state index is 6.73. The van der Waals surface area contributed by atoms with Crippen molar-refractivity contribution < 1.29 is 13.6 Å². The first-order chi connectivity index (χ1) is 32.1. The van der Waals surface area contributed by atoms with E-state index in [1.165, 1.54) is 97.9 Å². The molecule has 1 spiro atoms. The van der Waals surface area contributed by atoms with Gasteiger partial charge in [0.2, 0.25) is 0 Å². The van der Waals surface area contributed by atoms with Gasteiger partial charge in [0.15, 0.2) is 19.3 Å². The van der Waals surface area contributed by atoms with Gasteiger partial charge in [-0.15, -0.1) is 0 Å². The van der Waals surface area contributed by atoms with Gasteiger partial charge in [-0.25, -0.2) is 0 Å². The Morgan fingerprint density at radius 3 is 1.97 bits per heavy atom. The third-order valence-corrected chi connectivity index (χ3v) is 20.5. The third-order valence-electron chi connectivity index (χ3n) is 15.6. The molecule has 65 heavy (non-hydrogen) atoms. The first-order valence-electron chi connectivity index (χ1n) is 22.7. The summed E-state index contributed by atoms with van der Waals surface area (Å²) >= 11 is 0. The number of aromatic nitrogens is 4. The summed E-state index contributed by atoms with van der Waals surface area (Å²) in [6.45, 7) is 4.53. The van der Waals surface area contributed by atoms with Crippen LogP contribution in [0.15, 0.2) is 199 Å². The van der Waals surface area contributed by atoms with Gasteiger partial charge in [0.05, 0.1) is 22.7 Å². The first-order valence-corrected chi connectivity index (χ1v) is 24.7. The van der Waals surface area contributed by atoms with Crippen molar-refractivity contribution in [3.05, 3.63) is 217 Å². The minimum atomic E-state index is -3.08. The van der Waals surface area contributed by atoms with E-state index < -0.39 is 13.7 Å². The second-order valence-corrected chi connectivity index (χ2v) is 22.2. The normalized spacial score (nSPS) is 16.3. The molecule has 302 valence electrons. The van der Waals surface area contributed by atoms with E-state index in [1.54, 1.807) is 0 Å². The van der Waals surface area contributed by atoms with Crippen LogP contribution in [0.1, 0.15) is 22.3 Å².